The van der Waals surface area contributed by atoms with E-state index in [1.165, 1.54) is 12.1 Å². The van der Waals surface area contributed by atoms with Gasteiger partial charge in [-0.05, 0) is 38.5 Å². The van der Waals surface area contributed by atoms with Gasteiger partial charge in [0.25, 0.3) is 0 Å². The highest BCUT2D eigenvalue weighted by Crippen LogP contribution is 2.34. The van der Waals surface area contributed by atoms with Crippen LogP contribution in [0.4, 0.5) is 13.2 Å². The standard InChI is InChI=1S/C17H26F3N3O2.HI/c1-11(2)25-14-7-6-13(15(8-14)17(18,19)20)9-22-16(21-4)23-12(3)10-24-5;/h6-8,11-12H,9-10H2,1-5H3,(H2,21,22,23);1H. The summed E-state index contributed by atoms with van der Waals surface area (Å²) in [4.78, 5) is 4.01. The molecule has 1 rings (SSSR count). The van der Waals surface area contributed by atoms with E-state index in [-0.39, 0.29) is 54.0 Å². The highest BCUT2D eigenvalue weighted by Gasteiger charge is 2.33. The smallest absolute Gasteiger partial charge is 0.416 e. The molecule has 150 valence electrons. The average molecular weight is 489 g/mol. The zero-order chi connectivity index (χ0) is 19.0. The minimum atomic E-state index is -4.46. The Labute approximate surface area is 169 Å². The van der Waals surface area contributed by atoms with Crippen molar-refractivity contribution in [2.45, 2.75) is 45.6 Å². The van der Waals surface area contributed by atoms with E-state index in [4.69, 9.17) is 9.47 Å². The van der Waals surface area contributed by atoms with Gasteiger partial charge < -0.3 is 20.1 Å². The number of aliphatic imine (C=N–C) groups is 1. The summed E-state index contributed by atoms with van der Waals surface area (Å²) in [5.41, 5.74) is -0.607. The lowest BCUT2D eigenvalue weighted by Gasteiger charge is -2.19. The third-order valence-corrected chi connectivity index (χ3v) is 3.23. The monoisotopic (exact) mass is 489 g/mol. The molecule has 0 saturated carbocycles. The number of halogens is 4. The van der Waals surface area contributed by atoms with Crippen LogP contribution in [0.2, 0.25) is 0 Å². The molecular formula is C17H27F3IN3O2. The number of methoxy groups -OCH3 is 1. The SMILES string of the molecule is CN=C(NCc1ccc(OC(C)C)cc1C(F)(F)F)NC(C)COC.I. The van der Waals surface area contributed by atoms with Crippen molar-refractivity contribution in [3.63, 3.8) is 0 Å². The fourth-order valence-electron chi connectivity index (χ4n) is 2.22. The molecule has 1 atom stereocenters. The molecule has 0 radical (unpaired) electrons. The Morgan fingerprint density at radius 3 is 2.38 bits per heavy atom. The van der Waals surface area contributed by atoms with Crippen molar-refractivity contribution in [2.75, 3.05) is 20.8 Å². The van der Waals surface area contributed by atoms with Crippen LogP contribution in [0.15, 0.2) is 23.2 Å². The van der Waals surface area contributed by atoms with Gasteiger partial charge in [0, 0.05) is 26.7 Å². The Kier molecular flexibility index (Phi) is 10.9. The largest absolute Gasteiger partial charge is 0.491 e. The van der Waals surface area contributed by atoms with Gasteiger partial charge in [-0.1, -0.05) is 6.07 Å². The van der Waals surface area contributed by atoms with Crippen molar-refractivity contribution in [3.05, 3.63) is 29.3 Å². The molecule has 0 saturated heterocycles. The summed E-state index contributed by atoms with van der Waals surface area (Å²) in [6.45, 7) is 5.85. The number of alkyl halides is 3. The Morgan fingerprint density at radius 1 is 1.23 bits per heavy atom. The first-order chi connectivity index (χ1) is 11.7. The quantitative estimate of drug-likeness (QED) is 0.348. The average Bonchev–Trinajstić information content (AvgIpc) is 2.50. The molecule has 0 amide bonds. The number of hydrogen-bond acceptors (Lipinski definition) is 3. The summed E-state index contributed by atoms with van der Waals surface area (Å²) in [6, 6.07) is 3.95. The van der Waals surface area contributed by atoms with Crippen LogP contribution in [0, 0.1) is 0 Å². The third-order valence-electron chi connectivity index (χ3n) is 3.23. The van der Waals surface area contributed by atoms with Crippen LogP contribution >= 0.6 is 24.0 Å². The van der Waals surface area contributed by atoms with Crippen LogP contribution in [-0.2, 0) is 17.5 Å². The number of guanidine groups is 1. The van der Waals surface area contributed by atoms with Gasteiger partial charge >= 0.3 is 6.18 Å². The van der Waals surface area contributed by atoms with Gasteiger partial charge in [0.05, 0.1) is 18.3 Å². The molecule has 1 unspecified atom stereocenters. The first-order valence-electron chi connectivity index (χ1n) is 8.00. The van der Waals surface area contributed by atoms with Gasteiger partial charge in [-0.15, -0.1) is 24.0 Å². The van der Waals surface area contributed by atoms with Crippen LogP contribution in [0.25, 0.3) is 0 Å². The summed E-state index contributed by atoms with van der Waals surface area (Å²) in [5, 5.41) is 5.93. The van der Waals surface area contributed by atoms with Crippen molar-refractivity contribution >= 4 is 29.9 Å². The van der Waals surface area contributed by atoms with Crippen LogP contribution in [-0.4, -0.2) is 38.9 Å². The summed E-state index contributed by atoms with van der Waals surface area (Å²) in [6.07, 6.45) is -4.66. The molecular weight excluding hydrogens is 462 g/mol. The number of ether oxygens (including phenoxy) is 2. The fraction of sp³-hybridized carbons (Fsp3) is 0.588. The van der Waals surface area contributed by atoms with Crippen molar-refractivity contribution in [3.8, 4) is 5.75 Å². The molecule has 0 bridgehead atoms. The second kappa shape index (κ2) is 11.5. The maximum atomic E-state index is 13.3. The lowest BCUT2D eigenvalue weighted by Crippen LogP contribution is -2.43. The van der Waals surface area contributed by atoms with E-state index in [2.05, 4.69) is 15.6 Å². The number of nitrogens with zero attached hydrogens (tertiary/aromatic N) is 1. The molecule has 2 N–H and O–H groups in total. The van der Waals surface area contributed by atoms with Crippen LogP contribution in [0.3, 0.4) is 0 Å². The zero-order valence-electron chi connectivity index (χ0n) is 15.6. The molecule has 0 heterocycles. The minimum absolute atomic E-state index is 0. The van der Waals surface area contributed by atoms with Gasteiger partial charge in [-0.25, -0.2) is 0 Å². The van der Waals surface area contributed by atoms with E-state index in [0.717, 1.165) is 6.07 Å². The Balaban J connectivity index is 0.00000625. The summed E-state index contributed by atoms with van der Waals surface area (Å²) >= 11 is 0. The second-order valence-corrected chi connectivity index (χ2v) is 5.91. The van der Waals surface area contributed by atoms with Gasteiger partial charge in [-0.2, -0.15) is 13.2 Å². The summed E-state index contributed by atoms with van der Waals surface area (Å²) < 4.78 is 50.4. The number of hydrogen-bond donors (Lipinski definition) is 2. The van der Waals surface area contributed by atoms with Gasteiger partial charge in [0.1, 0.15) is 5.75 Å². The number of rotatable bonds is 7. The van der Waals surface area contributed by atoms with Crippen molar-refractivity contribution in [1.29, 1.82) is 0 Å². The van der Waals surface area contributed by atoms with E-state index >= 15 is 0 Å². The molecule has 5 nitrogen and oxygen atoms in total. The first-order valence-corrected chi connectivity index (χ1v) is 8.00. The predicted octanol–water partition coefficient (Wildman–Crippen LogP) is 3.81. The third kappa shape index (κ3) is 8.43. The van der Waals surface area contributed by atoms with Crippen molar-refractivity contribution in [1.82, 2.24) is 10.6 Å². The number of nitrogens with one attached hydrogen (secondary N) is 2. The molecule has 0 aromatic heterocycles. The van der Waals surface area contributed by atoms with Crippen molar-refractivity contribution < 1.29 is 22.6 Å². The second-order valence-electron chi connectivity index (χ2n) is 5.91. The Hall–Kier alpha value is -1.23. The molecule has 1 aromatic carbocycles. The molecule has 9 heteroatoms. The molecule has 26 heavy (non-hydrogen) atoms. The molecule has 0 fully saturated rings. The first kappa shape index (κ1) is 24.8. The van der Waals surface area contributed by atoms with E-state index in [0.29, 0.717) is 12.6 Å². The Bertz CT molecular complexity index is 581. The highest BCUT2D eigenvalue weighted by atomic mass is 127. The molecule has 0 aliphatic carbocycles. The molecule has 1 aromatic rings. The van der Waals surface area contributed by atoms with E-state index in [9.17, 15) is 13.2 Å². The van der Waals surface area contributed by atoms with E-state index in [1.54, 1.807) is 28.0 Å². The molecule has 0 spiro atoms. The fourth-order valence-corrected chi connectivity index (χ4v) is 2.22. The Morgan fingerprint density at radius 2 is 1.88 bits per heavy atom. The van der Waals surface area contributed by atoms with Crippen LogP contribution in [0.1, 0.15) is 31.9 Å². The molecule has 0 aliphatic rings. The molecule has 0 aliphatic heterocycles. The number of benzene rings is 1. The summed E-state index contributed by atoms with van der Waals surface area (Å²) in [7, 11) is 3.13. The predicted molar refractivity (Wildman–Crippen MR) is 107 cm³/mol. The van der Waals surface area contributed by atoms with Crippen molar-refractivity contribution in [2.24, 2.45) is 4.99 Å². The lowest BCUT2D eigenvalue weighted by molar-refractivity contribution is -0.138. The van der Waals surface area contributed by atoms with Crippen LogP contribution in [0.5, 0.6) is 5.75 Å². The minimum Gasteiger partial charge on any atom is -0.491 e. The summed E-state index contributed by atoms with van der Waals surface area (Å²) in [5.74, 6) is 0.600. The maximum Gasteiger partial charge on any atom is 0.416 e. The van der Waals surface area contributed by atoms with Crippen LogP contribution < -0.4 is 15.4 Å². The van der Waals surface area contributed by atoms with Gasteiger partial charge in [-0.3, -0.25) is 4.99 Å². The highest BCUT2D eigenvalue weighted by molar-refractivity contribution is 14.0. The normalized spacial score (nSPS) is 13.2. The maximum absolute atomic E-state index is 13.3. The van der Waals surface area contributed by atoms with Gasteiger partial charge in [0.2, 0.25) is 0 Å². The topological polar surface area (TPSA) is 54.9 Å². The lowest BCUT2D eigenvalue weighted by atomic mass is 10.1. The van der Waals surface area contributed by atoms with E-state index in [1.807, 2.05) is 6.92 Å². The zero-order valence-corrected chi connectivity index (χ0v) is 17.9. The van der Waals surface area contributed by atoms with E-state index < -0.39 is 11.7 Å². The van der Waals surface area contributed by atoms with Gasteiger partial charge in [0.15, 0.2) is 5.96 Å².